The standard InChI is InChI=1S/C52H100O17P2/c1-6-9-12-15-18-21-26-31-36-50(55)63-42-48(69-52(57)38-33-28-23-22-24-29-34-45(4)5)44-67-71(60,61)65-40-46(53)39-64-70(58,59)66-43-47(68-51(56)37-32-27-20-17-14-11-8-3)41-62-49(54)35-30-25-19-16-13-10-7-2/h45-48,53H,6-44H2,1-5H3,(H,58,59)(H,60,61)/t46-,47+,48+/m0/s1. The Bertz CT molecular complexity index is 1420. The Balaban J connectivity index is 5.19. The van der Waals surface area contributed by atoms with Gasteiger partial charge in [0.05, 0.1) is 26.4 Å². The van der Waals surface area contributed by atoms with Gasteiger partial charge in [-0.25, -0.2) is 9.13 Å². The number of aliphatic hydroxyl groups excluding tert-OH is 1. The molecular weight excluding hydrogens is 959 g/mol. The zero-order chi connectivity index (χ0) is 52.9. The van der Waals surface area contributed by atoms with E-state index in [1.807, 2.05) is 0 Å². The fourth-order valence-electron chi connectivity index (χ4n) is 7.46. The number of hydrogen-bond donors (Lipinski definition) is 3. The first-order valence-corrected chi connectivity index (χ1v) is 30.6. The second-order valence-corrected chi connectivity index (χ2v) is 22.3. The van der Waals surface area contributed by atoms with Crippen molar-refractivity contribution >= 4 is 39.5 Å². The van der Waals surface area contributed by atoms with Crippen molar-refractivity contribution < 1.29 is 80.2 Å². The van der Waals surface area contributed by atoms with E-state index in [9.17, 15) is 43.2 Å². The molecule has 5 atom stereocenters. The molecule has 2 unspecified atom stereocenters. The summed E-state index contributed by atoms with van der Waals surface area (Å²) < 4.78 is 67.2. The summed E-state index contributed by atoms with van der Waals surface area (Å²) in [7, 11) is -9.85. The van der Waals surface area contributed by atoms with E-state index in [1.165, 1.54) is 38.5 Å². The molecule has 0 saturated carbocycles. The molecule has 0 aliphatic carbocycles. The monoisotopic (exact) mass is 1060 g/mol. The van der Waals surface area contributed by atoms with Crippen molar-refractivity contribution in [2.45, 2.75) is 265 Å². The van der Waals surface area contributed by atoms with Crippen LogP contribution in [0.1, 0.15) is 247 Å². The van der Waals surface area contributed by atoms with Crippen molar-refractivity contribution in [2.24, 2.45) is 5.92 Å². The summed E-state index contributed by atoms with van der Waals surface area (Å²) in [5.74, 6) is -1.50. The Morgan fingerprint density at radius 3 is 0.958 bits per heavy atom. The van der Waals surface area contributed by atoms with Gasteiger partial charge in [0.1, 0.15) is 19.3 Å². The minimum absolute atomic E-state index is 0.102. The van der Waals surface area contributed by atoms with Crippen LogP contribution in [0.4, 0.5) is 0 Å². The van der Waals surface area contributed by atoms with Crippen molar-refractivity contribution in [2.75, 3.05) is 39.6 Å². The molecule has 19 heteroatoms. The summed E-state index contributed by atoms with van der Waals surface area (Å²) in [6, 6.07) is 0. The van der Waals surface area contributed by atoms with E-state index in [4.69, 9.17) is 37.0 Å². The van der Waals surface area contributed by atoms with E-state index in [1.54, 1.807) is 0 Å². The SMILES string of the molecule is CCCCCCCCCCC(=O)OC[C@H](COP(=O)(O)OC[C@@H](O)COP(=O)(O)OC[C@@H](COC(=O)CCCCCCCCC)OC(=O)CCCCCCCCC)OC(=O)CCCCCCCCC(C)C. The second-order valence-electron chi connectivity index (χ2n) is 19.4. The first-order valence-electron chi connectivity index (χ1n) is 27.6. The maximum atomic E-state index is 12.8. The van der Waals surface area contributed by atoms with E-state index in [0.717, 1.165) is 122 Å². The van der Waals surface area contributed by atoms with E-state index in [0.29, 0.717) is 31.6 Å². The number of ether oxygens (including phenoxy) is 4. The van der Waals surface area contributed by atoms with Crippen LogP contribution in [0.2, 0.25) is 0 Å². The van der Waals surface area contributed by atoms with Gasteiger partial charge in [-0.05, 0) is 31.6 Å². The quantitative estimate of drug-likeness (QED) is 0.0222. The minimum atomic E-state index is -4.93. The van der Waals surface area contributed by atoms with Crippen LogP contribution in [0.3, 0.4) is 0 Å². The molecule has 0 bridgehead atoms. The molecule has 0 radical (unpaired) electrons. The topological polar surface area (TPSA) is 237 Å². The van der Waals surface area contributed by atoms with Gasteiger partial charge < -0.3 is 33.8 Å². The van der Waals surface area contributed by atoms with Gasteiger partial charge in [-0.3, -0.25) is 37.3 Å². The average Bonchev–Trinajstić information content (AvgIpc) is 3.33. The van der Waals surface area contributed by atoms with Gasteiger partial charge in [0.15, 0.2) is 12.2 Å². The van der Waals surface area contributed by atoms with E-state index in [-0.39, 0.29) is 25.7 Å². The molecule has 0 aromatic carbocycles. The highest BCUT2D eigenvalue weighted by Crippen LogP contribution is 2.45. The molecule has 0 spiro atoms. The lowest BCUT2D eigenvalue weighted by molar-refractivity contribution is -0.161. The Morgan fingerprint density at radius 1 is 0.380 bits per heavy atom. The van der Waals surface area contributed by atoms with Crippen molar-refractivity contribution in [3.63, 3.8) is 0 Å². The maximum absolute atomic E-state index is 12.8. The molecule has 71 heavy (non-hydrogen) atoms. The molecule has 0 rings (SSSR count). The molecule has 0 aromatic rings. The van der Waals surface area contributed by atoms with E-state index >= 15 is 0 Å². The van der Waals surface area contributed by atoms with Gasteiger partial charge in [-0.1, -0.05) is 195 Å². The number of aliphatic hydroxyl groups is 1. The van der Waals surface area contributed by atoms with Crippen molar-refractivity contribution in [1.82, 2.24) is 0 Å². The van der Waals surface area contributed by atoms with Crippen LogP contribution in [-0.4, -0.2) is 96.7 Å². The average molecular weight is 1060 g/mol. The number of esters is 4. The van der Waals surface area contributed by atoms with Gasteiger partial charge in [0, 0.05) is 25.7 Å². The lowest BCUT2D eigenvalue weighted by Gasteiger charge is -2.21. The molecule has 0 aliphatic rings. The van der Waals surface area contributed by atoms with Crippen LogP contribution in [-0.2, 0) is 65.4 Å². The number of rotatable bonds is 52. The number of hydrogen-bond acceptors (Lipinski definition) is 15. The highest BCUT2D eigenvalue weighted by atomic mass is 31.2. The van der Waals surface area contributed by atoms with Gasteiger partial charge in [-0.2, -0.15) is 0 Å². The number of phosphoric acid groups is 2. The smallest absolute Gasteiger partial charge is 0.462 e. The Kier molecular flexibility index (Phi) is 45.3. The van der Waals surface area contributed by atoms with E-state index in [2.05, 4.69) is 34.6 Å². The van der Waals surface area contributed by atoms with Crippen LogP contribution < -0.4 is 0 Å². The molecular formula is C52H100O17P2. The lowest BCUT2D eigenvalue weighted by Crippen LogP contribution is -2.30. The van der Waals surface area contributed by atoms with Gasteiger partial charge in [0.25, 0.3) is 0 Å². The number of phosphoric ester groups is 2. The summed E-state index contributed by atoms with van der Waals surface area (Å²) in [4.78, 5) is 71.3. The molecule has 0 aromatic heterocycles. The van der Waals surface area contributed by atoms with Crippen LogP contribution >= 0.6 is 15.6 Å². The third-order valence-corrected chi connectivity index (χ3v) is 13.7. The zero-order valence-electron chi connectivity index (χ0n) is 44.8. The van der Waals surface area contributed by atoms with Crippen molar-refractivity contribution in [1.29, 1.82) is 0 Å². The summed E-state index contributed by atoms with van der Waals surface area (Å²) in [6.45, 7) is 6.89. The molecule has 17 nitrogen and oxygen atoms in total. The third-order valence-electron chi connectivity index (χ3n) is 11.8. The number of carbonyl (C=O) groups is 4. The molecule has 0 saturated heterocycles. The summed E-state index contributed by atoms with van der Waals surface area (Å²) in [5, 5.41) is 10.4. The highest BCUT2D eigenvalue weighted by molar-refractivity contribution is 7.47. The van der Waals surface area contributed by atoms with Crippen LogP contribution in [0, 0.1) is 5.92 Å². The number of carbonyl (C=O) groups excluding carboxylic acids is 4. The van der Waals surface area contributed by atoms with Gasteiger partial charge >= 0.3 is 39.5 Å². The number of unbranched alkanes of at least 4 members (excludes halogenated alkanes) is 24. The van der Waals surface area contributed by atoms with Crippen LogP contribution in [0.5, 0.6) is 0 Å². The van der Waals surface area contributed by atoms with Crippen LogP contribution in [0.25, 0.3) is 0 Å². The van der Waals surface area contributed by atoms with Gasteiger partial charge in [-0.15, -0.1) is 0 Å². The maximum Gasteiger partial charge on any atom is 0.472 e. The first-order chi connectivity index (χ1) is 34.0. The van der Waals surface area contributed by atoms with Crippen LogP contribution in [0.15, 0.2) is 0 Å². The van der Waals surface area contributed by atoms with E-state index < -0.39 is 97.5 Å². The summed E-state index contributed by atoms with van der Waals surface area (Å²) in [6.07, 6.45) is 25.7. The third kappa shape index (κ3) is 47.5. The molecule has 0 heterocycles. The Morgan fingerprint density at radius 2 is 0.648 bits per heavy atom. The van der Waals surface area contributed by atoms with Gasteiger partial charge in [0.2, 0.25) is 0 Å². The largest absolute Gasteiger partial charge is 0.472 e. The normalized spacial score (nSPS) is 14.6. The molecule has 0 aliphatic heterocycles. The lowest BCUT2D eigenvalue weighted by atomic mass is 10.0. The fourth-order valence-corrected chi connectivity index (χ4v) is 9.04. The second kappa shape index (κ2) is 46.6. The zero-order valence-corrected chi connectivity index (χ0v) is 46.6. The minimum Gasteiger partial charge on any atom is -0.462 e. The Labute approximate surface area is 428 Å². The summed E-state index contributed by atoms with van der Waals surface area (Å²) in [5.41, 5.74) is 0. The predicted molar refractivity (Wildman–Crippen MR) is 275 cm³/mol. The highest BCUT2D eigenvalue weighted by Gasteiger charge is 2.30. The van der Waals surface area contributed by atoms with Crippen molar-refractivity contribution in [3.8, 4) is 0 Å². The fraction of sp³-hybridized carbons (Fsp3) is 0.923. The first kappa shape index (κ1) is 69.1. The predicted octanol–water partition coefficient (Wildman–Crippen LogP) is 13.1. The molecule has 420 valence electrons. The molecule has 0 fully saturated rings. The molecule has 0 amide bonds. The molecule has 3 N–H and O–H groups in total. The Hall–Kier alpha value is -1.94. The summed E-state index contributed by atoms with van der Waals surface area (Å²) >= 11 is 0. The van der Waals surface area contributed by atoms with Crippen molar-refractivity contribution in [3.05, 3.63) is 0 Å².